The lowest BCUT2D eigenvalue weighted by Crippen LogP contribution is -2.46. The van der Waals surface area contributed by atoms with E-state index in [1.807, 2.05) is 44.6 Å². The summed E-state index contributed by atoms with van der Waals surface area (Å²) in [6.45, 7) is 19.5. The van der Waals surface area contributed by atoms with Crippen LogP contribution in [0.25, 0.3) is 11.3 Å². The fraction of sp³-hybridized carbons (Fsp3) is 0.545. The molecule has 10 nitrogen and oxygen atoms in total. The van der Waals surface area contributed by atoms with Crippen LogP contribution in [-0.4, -0.2) is 52.9 Å². The SMILES string of the molecule is Cn1nc(Nc2nccc(-c3cc(C#N)c4c(c3)C(C)(CO[Si](C)(C)C(C)(C)C)CN4C(=O)OC(C)(C)C)n2)c2c1CCC2. The molecule has 0 bridgehead atoms. The number of hydrogen-bond donors (Lipinski definition) is 1. The second-order valence-corrected chi connectivity index (χ2v) is 19.7. The maximum atomic E-state index is 13.5. The summed E-state index contributed by atoms with van der Waals surface area (Å²) in [5, 5.41) is 18.4. The predicted molar refractivity (Wildman–Crippen MR) is 175 cm³/mol. The Morgan fingerprint density at radius 2 is 1.91 bits per heavy atom. The van der Waals surface area contributed by atoms with Crippen molar-refractivity contribution in [2.45, 2.75) is 96.9 Å². The second-order valence-electron chi connectivity index (χ2n) is 14.8. The average molecular weight is 616 g/mol. The summed E-state index contributed by atoms with van der Waals surface area (Å²) in [5.74, 6) is 1.22. The number of nitriles is 1. The largest absolute Gasteiger partial charge is 0.443 e. The van der Waals surface area contributed by atoms with E-state index in [1.54, 1.807) is 17.2 Å². The monoisotopic (exact) mass is 615 g/mol. The van der Waals surface area contributed by atoms with E-state index < -0.39 is 25.4 Å². The number of nitrogens with one attached hydrogen (secondary N) is 1. The molecule has 2 aliphatic rings. The number of aryl methyl sites for hydroxylation is 1. The average Bonchev–Trinajstić information content (AvgIpc) is 3.61. The van der Waals surface area contributed by atoms with E-state index in [2.05, 4.69) is 62.3 Å². The summed E-state index contributed by atoms with van der Waals surface area (Å²) in [6, 6.07) is 8.02. The molecule has 0 radical (unpaired) electrons. The van der Waals surface area contributed by atoms with Gasteiger partial charge in [0.2, 0.25) is 5.95 Å². The van der Waals surface area contributed by atoms with E-state index in [0.717, 1.165) is 36.2 Å². The molecule has 1 aliphatic heterocycles. The zero-order valence-electron chi connectivity index (χ0n) is 27.8. The van der Waals surface area contributed by atoms with Crippen molar-refractivity contribution in [2.24, 2.45) is 7.05 Å². The van der Waals surface area contributed by atoms with Gasteiger partial charge in [0.1, 0.15) is 11.7 Å². The number of anilines is 3. The molecule has 0 saturated heterocycles. The molecule has 0 spiro atoms. The van der Waals surface area contributed by atoms with Crippen LogP contribution < -0.4 is 10.2 Å². The predicted octanol–water partition coefficient (Wildman–Crippen LogP) is 7.02. The number of ether oxygens (including phenoxy) is 1. The van der Waals surface area contributed by atoms with E-state index >= 15 is 0 Å². The molecule has 3 heterocycles. The first-order valence-corrected chi connectivity index (χ1v) is 18.2. The Morgan fingerprint density at radius 3 is 2.57 bits per heavy atom. The molecule has 1 atom stereocenters. The zero-order chi connectivity index (χ0) is 32.2. The minimum atomic E-state index is -2.11. The third-order valence-corrected chi connectivity index (χ3v) is 13.6. The van der Waals surface area contributed by atoms with Crippen molar-refractivity contribution < 1.29 is 14.0 Å². The highest BCUT2D eigenvalue weighted by atomic mass is 28.4. The quantitative estimate of drug-likeness (QED) is 0.294. The molecule has 0 fully saturated rings. The van der Waals surface area contributed by atoms with Crippen LogP contribution in [0.5, 0.6) is 0 Å². The fourth-order valence-electron chi connectivity index (χ4n) is 5.68. The summed E-state index contributed by atoms with van der Waals surface area (Å²) in [7, 11) is -0.149. The molecule has 1 unspecified atom stereocenters. The zero-order valence-corrected chi connectivity index (χ0v) is 28.8. The van der Waals surface area contributed by atoms with Crippen LogP contribution in [-0.2, 0) is 34.5 Å². The van der Waals surface area contributed by atoms with Gasteiger partial charge in [-0.25, -0.2) is 14.8 Å². The van der Waals surface area contributed by atoms with Crippen molar-refractivity contribution in [3.05, 3.63) is 46.8 Å². The molecular weight excluding hydrogens is 570 g/mol. The molecule has 1 N–H and O–H groups in total. The third kappa shape index (κ3) is 5.97. The number of carbonyl (C=O) groups excluding carboxylic acids is 1. The Kier molecular flexibility index (Phi) is 7.92. The van der Waals surface area contributed by atoms with Crippen LogP contribution in [0.3, 0.4) is 0 Å². The fourth-order valence-corrected chi connectivity index (χ4v) is 6.79. The van der Waals surface area contributed by atoms with Crippen molar-refractivity contribution in [2.75, 3.05) is 23.4 Å². The lowest BCUT2D eigenvalue weighted by molar-refractivity contribution is 0.0575. The molecule has 3 aromatic rings. The summed E-state index contributed by atoms with van der Waals surface area (Å²) in [4.78, 5) is 24.4. The molecule has 11 heteroatoms. The number of fused-ring (bicyclic) bond motifs is 2. The molecule has 2 aromatic heterocycles. The van der Waals surface area contributed by atoms with Gasteiger partial charge in [0.15, 0.2) is 14.1 Å². The first kappa shape index (κ1) is 31.7. The summed E-state index contributed by atoms with van der Waals surface area (Å²) in [6.07, 6.45) is 4.34. The molecule has 1 amide bonds. The first-order valence-electron chi connectivity index (χ1n) is 15.3. The maximum absolute atomic E-state index is 13.5. The van der Waals surface area contributed by atoms with E-state index in [9.17, 15) is 10.1 Å². The Bertz CT molecular complexity index is 1640. The Labute approximate surface area is 261 Å². The van der Waals surface area contributed by atoms with E-state index in [-0.39, 0.29) is 5.04 Å². The number of benzene rings is 1. The number of carbonyl (C=O) groups is 1. The number of rotatable bonds is 6. The Morgan fingerprint density at radius 1 is 1.18 bits per heavy atom. The van der Waals surface area contributed by atoms with Gasteiger partial charge < -0.3 is 14.5 Å². The molecule has 234 valence electrons. The van der Waals surface area contributed by atoms with Crippen LogP contribution in [0.1, 0.15) is 77.3 Å². The highest BCUT2D eigenvalue weighted by Crippen LogP contribution is 2.47. The standard InChI is InChI=1S/C33H45N7O3Si/c1-31(2,3)43-30(41)40-19-33(7,20-42-44(9,10)32(4,5)6)24-17-21(16-22(18-34)27(24)40)25-14-15-35-29(36-25)37-28-23-12-11-13-26(23)39(8)38-28/h14-17H,11-13,19-20H2,1-10H3,(H,35,36,37,38). The van der Waals surface area contributed by atoms with Crippen LogP contribution in [0.2, 0.25) is 18.1 Å². The summed E-state index contributed by atoms with van der Waals surface area (Å²) >= 11 is 0. The maximum Gasteiger partial charge on any atom is 0.414 e. The van der Waals surface area contributed by atoms with Gasteiger partial charge in [-0.2, -0.15) is 10.4 Å². The molecule has 1 aromatic carbocycles. The van der Waals surface area contributed by atoms with Gasteiger partial charge in [-0.1, -0.05) is 27.7 Å². The van der Waals surface area contributed by atoms with Crippen molar-refractivity contribution in [3.8, 4) is 17.3 Å². The van der Waals surface area contributed by atoms with Crippen LogP contribution >= 0.6 is 0 Å². The van der Waals surface area contributed by atoms with Gasteiger partial charge in [-0.05, 0) is 81.9 Å². The van der Waals surface area contributed by atoms with Crippen molar-refractivity contribution in [3.63, 3.8) is 0 Å². The summed E-state index contributed by atoms with van der Waals surface area (Å²) < 4.78 is 14.5. The molecule has 44 heavy (non-hydrogen) atoms. The van der Waals surface area contributed by atoms with Crippen molar-refractivity contribution in [1.82, 2.24) is 19.7 Å². The van der Waals surface area contributed by atoms with Gasteiger partial charge in [0, 0.05) is 48.6 Å². The molecule has 1 aliphatic carbocycles. The lowest BCUT2D eigenvalue weighted by Gasteiger charge is -2.39. The lowest BCUT2D eigenvalue weighted by atomic mass is 9.83. The van der Waals surface area contributed by atoms with Crippen LogP contribution in [0.15, 0.2) is 24.4 Å². The third-order valence-electron chi connectivity index (χ3n) is 9.13. The van der Waals surface area contributed by atoms with E-state index in [4.69, 9.17) is 14.1 Å². The Hall–Kier alpha value is -3.75. The van der Waals surface area contributed by atoms with E-state index in [0.29, 0.717) is 36.0 Å². The highest BCUT2D eigenvalue weighted by molar-refractivity contribution is 6.74. The molecule has 0 saturated carbocycles. The highest BCUT2D eigenvalue weighted by Gasteiger charge is 2.47. The molecule has 5 rings (SSSR count). The van der Waals surface area contributed by atoms with Crippen LogP contribution in [0.4, 0.5) is 22.2 Å². The van der Waals surface area contributed by atoms with Crippen molar-refractivity contribution in [1.29, 1.82) is 5.26 Å². The number of amides is 1. The summed E-state index contributed by atoms with van der Waals surface area (Å²) in [5.41, 5.74) is 4.45. The Balaban J connectivity index is 1.56. The normalized spacial score (nSPS) is 18.2. The topological polar surface area (TPSA) is 118 Å². The minimum absolute atomic E-state index is 0.0212. The van der Waals surface area contributed by atoms with Crippen molar-refractivity contribution >= 4 is 31.9 Å². The van der Waals surface area contributed by atoms with Gasteiger partial charge >= 0.3 is 6.09 Å². The van der Waals surface area contributed by atoms with Gasteiger partial charge in [-0.15, -0.1) is 0 Å². The second kappa shape index (κ2) is 11.0. The van der Waals surface area contributed by atoms with Crippen LogP contribution in [0, 0.1) is 11.3 Å². The minimum Gasteiger partial charge on any atom is -0.443 e. The smallest absolute Gasteiger partial charge is 0.414 e. The van der Waals surface area contributed by atoms with Gasteiger partial charge in [-0.3, -0.25) is 9.58 Å². The number of nitrogens with zero attached hydrogens (tertiary/aromatic N) is 6. The number of hydrogen-bond acceptors (Lipinski definition) is 8. The van der Waals surface area contributed by atoms with E-state index in [1.165, 1.54) is 11.3 Å². The van der Waals surface area contributed by atoms with Gasteiger partial charge in [0.05, 0.1) is 16.9 Å². The molecular formula is C33H45N7O3Si. The number of aromatic nitrogens is 4. The van der Waals surface area contributed by atoms with Gasteiger partial charge in [0.25, 0.3) is 0 Å². The first-order chi connectivity index (χ1) is 20.4.